The Balaban J connectivity index is 1.77. The molecule has 0 bridgehead atoms. The Morgan fingerprint density at radius 1 is 0.897 bits per heavy atom. The molecule has 0 spiro atoms. The van der Waals surface area contributed by atoms with E-state index in [1.807, 2.05) is 24.3 Å². The molecule has 3 aromatic carbocycles. The summed E-state index contributed by atoms with van der Waals surface area (Å²) in [5.74, 6) is 0.989. The lowest BCUT2D eigenvalue weighted by Gasteiger charge is -2.09. The topological polar surface area (TPSA) is 75.0 Å². The number of hydrogen-bond donors (Lipinski definition) is 0. The largest absolute Gasteiger partial charge is 0.497 e. The van der Waals surface area contributed by atoms with Crippen LogP contribution in [0.4, 0.5) is 0 Å². The third-order valence-corrected chi connectivity index (χ3v) is 5.08. The fraction of sp³-hybridized carbons (Fsp3) is 0.0909. The molecule has 4 aromatic rings. The molecule has 0 saturated heterocycles. The third kappa shape index (κ3) is 3.86. The van der Waals surface area contributed by atoms with Gasteiger partial charge >= 0.3 is 10.9 Å². The van der Waals surface area contributed by atoms with Crippen molar-refractivity contribution in [3.8, 4) is 28.4 Å². The molecule has 6 nitrogen and oxygen atoms in total. The van der Waals surface area contributed by atoms with Crippen LogP contribution < -0.4 is 19.1 Å². The predicted molar refractivity (Wildman–Crippen MR) is 110 cm³/mol. The van der Waals surface area contributed by atoms with Crippen molar-refractivity contribution in [1.82, 2.24) is 0 Å². The van der Waals surface area contributed by atoms with Crippen molar-refractivity contribution in [2.24, 2.45) is 0 Å². The summed E-state index contributed by atoms with van der Waals surface area (Å²) in [7, 11) is 3.10. The van der Waals surface area contributed by atoms with E-state index in [0.717, 1.165) is 16.9 Å². The molecule has 0 unspecified atom stereocenters. The maximum atomic E-state index is 12.6. The van der Waals surface area contributed by atoms with Gasteiger partial charge in [0.2, 0.25) is 0 Å². The van der Waals surface area contributed by atoms with E-state index in [1.54, 1.807) is 43.5 Å². The number of methoxy groups -OCH3 is 2. The van der Waals surface area contributed by atoms with Gasteiger partial charge in [-0.2, -0.15) is 0 Å². The average molecular weight is 408 g/mol. The fourth-order valence-electron chi connectivity index (χ4n) is 2.93. The van der Waals surface area contributed by atoms with Crippen LogP contribution in [-0.2, 0) is 0 Å². The molecule has 7 heteroatoms. The highest BCUT2D eigenvalue weighted by atomic mass is 32.1. The van der Waals surface area contributed by atoms with Crippen LogP contribution in [0.2, 0.25) is 0 Å². The lowest BCUT2D eigenvalue weighted by atomic mass is 10.0. The van der Waals surface area contributed by atoms with Crippen LogP contribution in [0.3, 0.4) is 0 Å². The van der Waals surface area contributed by atoms with E-state index < -0.39 is 10.9 Å². The van der Waals surface area contributed by atoms with Crippen molar-refractivity contribution in [1.29, 1.82) is 0 Å². The van der Waals surface area contributed by atoms with Gasteiger partial charge in [-0.15, -0.1) is 0 Å². The highest BCUT2D eigenvalue weighted by molar-refractivity contribution is 7.16. The summed E-state index contributed by atoms with van der Waals surface area (Å²) < 4.78 is 22.0. The summed E-state index contributed by atoms with van der Waals surface area (Å²) in [6, 6.07) is 17.3. The molecule has 1 heterocycles. The molecule has 4 rings (SSSR count). The van der Waals surface area contributed by atoms with Gasteiger partial charge < -0.3 is 18.6 Å². The molecule has 0 aliphatic heterocycles. The maximum Gasteiger partial charge on any atom is 0.396 e. The minimum Gasteiger partial charge on any atom is -0.497 e. The Labute approximate surface area is 169 Å². The van der Waals surface area contributed by atoms with Gasteiger partial charge in [0.25, 0.3) is 0 Å². The Morgan fingerprint density at radius 2 is 1.62 bits per heavy atom. The number of carbonyl (C=O) groups excluding carboxylic acids is 1. The van der Waals surface area contributed by atoms with Crippen LogP contribution in [0.25, 0.3) is 21.4 Å². The zero-order chi connectivity index (χ0) is 20.4. The Bertz CT molecular complexity index is 1250. The van der Waals surface area contributed by atoms with Gasteiger partial charge in [0.1, 0.15) is 17.2 Å². The summed E-state index contributed by atoms with van der Waals surface area (Å²) in [6.45, 7) is 0. The van der Waals surface area contributed by atoms with Crippen molar-refractivity contribution in [3.63, 3.8) is 0 Å². The Hall–Kier alpha value is -3.58. The smallest absolute Gasteiger partial charge is 0.396 e. The summed E-state index contributed by atoms with van der Waals surface area (Å²) in [6.07, 6.45) is 0. The molecule has 0 amide bonds. The lowest BCUT2D eigenvalue weighted by molar-refractivity contribution is 0.0734. The van der Waals surface area contributed by atoms with Gasteiger partial charge in [0.05, 0.1) is 24.5 Å². The van der Waals surface area contributed by atoms with E-state index in [-0.39, 0.29) is 0 Å². The van der Waals surface area contributed by atoms with E-state index in [9.17, 15) is 9.59 Å². The third-order valence-electron chi connectivity index (χ3n) is 4.30. The Kier molecular flexibility index (Phi) is 5.05. The summed E-state index contributed by atoms with van der Waals surface area (Å²) in [5.41, 5.74) is 2.20. The predicted octanol–water partition coefficient (Wildman–Crippen LogP) is 4.76. The first kappa shape index (κ1) is 18.8. The average Bonchev–Trinajstić information content (AvgIpc) is 3.13. The summed E-state index contributed by atoms with van der Waals surface area (Å²) >= 11 is 0.949. The monoisotopic (exact) mass is 408 g/mol. The van der Waals surface area contributed by atoms with E-state index >= 15 is 0 Å². The molecule has 0 aliphatic rings. The molecular weight excluding hydrogens is 392 g/mol. The van der Waals surface area contributed by atoms with Crippen LogP contribution in [0.1, 0.15) is 10.4 Å². The summed E-state index contributed by atoms with van der Waals surface area (Å²) in [5, 5.41) is 0. The Morgan fingerprint density at radius 3 is 2.38 bits per heavy atom. The molecule has 0 N–H and O–H groups in total. The second-order valence-corrected chi connectivity index (χ2v) is 7.08. The number of hydrogen-bond acceptors (Lipinski definition) is 7. The van der Waals surface area contributed by atoms with Crippen LogP contribution in [0, 0.1) is 0 Å². The van der Waals surface area contributed by atoms with Gasteiger partial charge in [-0.3, -0.25) is 0 Å². The van der Waals surface area contributed by atoms with Gasteiger partial charge in [0, 0.05) is 11.6 Å². The van der Waals surface area contributed by atoms with Crippen LogP contribution >= 0.6 is 11.3 Å². The first-order valence-electron chi connectivity index (χ1n) is 8.66. The standard InChI is InChI=1S/C22H16O6S/c1-25-15-7-3-5-13(9-15)18-11-17(12-19-20(18)28-22(24)29-19)27-21(23)14-6-4-8-16(10-14)26-2/h3-12H,1-2H3. The number of esters is 1. The number of fused-ring (bicyclic) bond motifs is 1. The van der Waals surface area contributed by atoms with Gasteiger partial charge in [-0.1, -0.05) is 29.5 Å². The van der Waals surface area contributed by atoms with Crippen molar-refractivity contribution in [2.45, 2.75) is 0 Å². The maximum absolute atomic E-state index is 12.6. The second kappa shape index (κ2) is 7.81. The second-order valence-electron chi connectivity index (χ2n) is 6.11. The fourth-order valence-corrected chi connectivity index (χ4v) is 3.66. The van der Waals surface area contributed by atoms with Crippen molar-refractivity contribution < 1.29 is 23.4 Å². The zero-order valence-electron chi connectivity index (χ0n) is 15.6. The highest BCUT2D eigenvalue weighted by Crippen LogP contribution is 2.36. The molecule has 0 radical (unpaired) electrons. The van der Waals surface area contributed by atoms with Crippen LogP contribution in [0.5, 0.6) is 17.2 Å². The van der Waals surface area contributed by atoms with Crippen LogP contribution in [0.15, 0.2) is 69.9 Å². The number of benzene rings is 3. The number of carbonyl (C=O) groups is 1. The molecule has 0 fully saturated rings. The summed E-state index contributed by atoms with van der Waals surface area (Å²) in [4.78, 5) is 24.0. The van der Waals surface area contributed by atoms with Gasteiger partial charge in [-0.05, 0) is 42.0 Å². The molecule has 0 aliphatic carbocycles. The molecule has 0 atom stereocenters. The molecule has 29 heavy (non-hydrogen) atoms. The van der Waals surface area contributed by atoms with Crippen LogP contribution in [-0.4, -0.2) is 20.2 Å². The molecule has 1 aromatic heterocycles. The minimum atomic E-state index is -0.532. The van der Waals surface area contributed by atoms with E-state index in [0.29, 0.717) is 38.7 Å². The normalized spacial score (nSPS) is 10.7. The van der Waals surface area contributed by atoms with E-state index in [2.05, 4.69) is 0 Å². The molecule has 146 valence electrons. The highest BCUT2D eigenvalue weighted by Gasteiger charge is 2.16. The first-order chi connectivity index (χ1) is 14.1. The van der Waals surface area contributed by atoms with Crippen molar-refractivity contribution in [3.05, 3.63) is 76.0 Å². The SMILES string of the molecule is COc1cccc(C(=O)Oc2cc(-c3cccc(OC)c3)c3oc(=O)sc3c2)c1. The number of rotatable bonds is 5. The lowest BCUT2D eigenvalue weighted by Crippen LogP contribution is -2.08. The zero-order valence-corrected chi connectivity index (χ0v) is 16.4. The first-order valence-corrected chi connectivity index (χ1v) is 9.47. The molecule has 0 saturated carbocycles. The van der Waals surface area contributed by atoms with E-state index in [1.165, 1.54) is 7.11 Å². The van der Waals surface area contributed by atoms with Crippen molar-refractivity contribution >= 4 is 27.6 Å². The quantitative estimate of drug-likeness (QED) is 0.350. The van der Waals surface area contributed by atoms with Crippen molar-refractivity contribution in [2.75, 3.05) is 14.2 Å². The number of ether oxygens (including phenoxy) is 3. The van der Waals surface area contributed by atoms with Gasteiger partial charge in [-0.25, -0.2) is 9.59 Å². The van der Waals surface area contributed by atoms with Gasteiger partial charge in [0.15, 0.2) is 5.58 Å². The molecular formula is C22H16O6S. The van der Waals surface area contributed by atoms with E-state index in [4.69, 9.17) is 18.6 Å². The minimum absolute atomic E-state index is 0.306.